The monoisotopic (exact) mass is 411 g/mol. The summed E-state index contributed by atoms with van der Waals surface area (Å²) in [6.07, 6.45) is 0. The van der Waals surface area contributed by atoms with Crippen LogP contribution in [0.3, 0.4) is 0 Å². The van der Waals surface area contributed by atoms with Crippen molar-refractivity contribution in [3.63, 3.8) is 0 Å². The van der Waals surface area contributed by atoms with E-state index in [9.17, 15) is 9.59 Å². The maximum atomic E-state index is 12.1. The van der Waals surface area contributed by atoms with E-state index in [1.54, 1.807) is 28.9 Å². The Kier molecular flexibility index (Phi) is 5.38. The van der Waals surface area contributed by atoms with Crippen LogP contribution in [0.4, 0.5) is 0 Å². The molecule has 10 heteroatoms. The number of rotatable bonds is 7. The van der Waals surface area contributed by atoms with E-state index in [0.29, 0.717) is 23.1 Å². The van der Waals surface area contributed by atoms with Crippen LogP contribution in [0.2, 0.25) is 0 Å². The van der Waals surface area contributed by atoms with Crippen LogP contribution >= 0.6 is 0 Å². The number of fused-ring (bicyclic) bond motifs is 1. The van der Waals surface area contributed by atoms with Gasteiger partial charge in [-0.2, -0.15) is 5.10 Å². The minimum Gasteiger partial charge on any atom is -0.484 e. The van der Waals surface area contributed by atoms with Crippen LogP contribution in [0.15, 0.2) is 41.2 Å². The number of benzene rings is 1. The van der Waals surface area contributed by atoms with Crippen molar-refractivity contribution >= 4 is 5.91 Å². The summed E-state index contributed by atoms with van der Waals surface area (Å²) in [5.41, 5.74) is 1.52. The SMILES string of the molecule is Cc1cc(C)n(-c2ccc(=O)n(CCNC(=O)COc3ccc4c(c3)OCO4)n2)n1. The minimum atomic E-state index is -0.310. The summed E-state index contributed by atoms with van der Waals surface area (Å²) in [6.45, 7) is 4.28. The molecule has 1 amide bonds. The predicted octanol–water partition coefficient (Wildman–Crippen LogP) is 0.970. The Balaban J connectivity index is 1.30. The van der Waals surface area contributed by atoms with Gasteiger partial charge >= 0.3 is 0 Å². The summed E-state index contributed by atoms with van der Waals surface area (Å²) in [6, 6.07) is 10.1. The predicted molar refractivity (Wildman–Crippen MR) is 106 cm³/mol. The average Bonchev–Trinajstić information content (AvgIpc) is 3.33. The second-order valence-corrected chi connectivity index (χ2v) is 6.75. The number of ether oxygens (including phenoxy) is 3. The van der Waals surface area contributed by atoms with E-state index in [1.807, 2.05) is 19.9 Å². The molecule has 30 heavy (non-hydrogen) atoms. The van der Waals surface area contributed by atoms with Gasteiger partial charge in [-0.1, -0.05) is 0 Å². The summed E-state index contributed by atoms with van der Waals surface area (Å²) < 4.78 is 18.9. The lowest BCUT2D eigenvalue weighted by molar-refractivity contribution is -0.123. The standard InChI is InChI=1S/C20H21N5O5/c1-13-9-14(2)25(22-13)18-5-6-20(27)24(23-18)8-7-21-19(26)11-28-15-3-4-16-17(10-15)30-12-29-16/h3-6,9-10H,7-8,11-12H2,1-2H3,(H,21,26). The quantitative estimate of drug-likeness (QED) is 0.617. The van der Waals surface area contributed by atoms with Crippen molar-refractivity contribution in [2.45, 2.75) is 20.4 Å². The number of hydrogen-bond donors (Lipinski definition) is 1. The molecule has 3 aromatic rings. The number of carbonyl (C=O) groups excluding carboxylic acids is 1. The van der Waals surface area contributed by atoms with Crippen molar-refractivity contribution < 1.29 is 19.0 Å². The number of aromatic nitrogens is 4. The van der Waals surface area contributed by atoms with Gasteiger partial charge < -0.3 is 19.5 Å². The van der Waals surface area contributed by atoms with Crippen LogP contribution in [0.1, 0.15) is 11.4 Å². The van der Waals surface area contributed by atoms with Crippen LogP contribution in [0.25, 0.3) is 5.82 Å². The first-order valence-electron chi connectivity index (χ1n) is 9.40. The molecule has 156 valence electrons. The van der Waals surface area contributed by atoms with Gasteiger partial charge in [-0.05, 0) is 38.1 Å². The van der Waals surface area contributed by atoms with Crippen LogP contribution < -0.4 is 25.1 Å². The molecule has 1 aliphatic heterocycles. The van der Waals surface area contributed by atoms with E-state index in [4.69, 9.17) is 14.2 Å². The molecule has 10 nitrogen and oxygen atoms in total. The molecule has 0 unspecified atom stereocenters. The second-order valence-electron chi connectivity index (χ2n) is 6.75. The number of amides is 1. The number of nitrogens with one attached hydrogen (secondary N) is 1. The van der Waals surface area contributed by atoms with Gasteiger partial charge in [0.1, 0.15) is 5.75 Å². The first-order chi connectivity index (χ1) is 14.5. The molecule has 3 heterocycles. The first-order valence-corrected chi connectivity index (χ1v) is 9.40. The molecule has 0 bridgehead atoms. The molecular formula is C20H21N5O5. The third kappa shape index (κ3) is 4.27. The Bertz CT molecular complexity index is 1140. The molecule has 0 atom stereocenters. The van der Waals surface area contributed by atoms with E-state index in [0.717, 1.165) is 11.4 Å². The molecule has 0 saturated carbocycles. The zero-order valence-corrected chi connectivity index (χ0v) is 16.6. The normalized spacial score (nSPS) is 12.1. The maximum absolute atomic E-state index is 12.1. The maximum Gasteiger partial charge on any atom is 0.266 e. The van der Waals surface area contributed by atoms with Crippen LogP contribution in [-0.2, 0) is 11.3 Å². The van der Waals surface area contributed by atoms with Crippen LogP contribution in [0.5, 0.6) is 17.2 Å². The largest absolute Gasteiger partial charge is 0.484 e. The van der Waals surface area contributed by atoms with Gasteiger partial charge in [0, 0.05) is 24.4 Å². The van der Waals surface area contributed by atoms with Gasteiger partial charge in [0.05, 0.1) is 12.2 Å². The highest BCUT2D eigenvalue weighted by Crippen LogP contribution is 2.34. The number of aryl methyl sites for hydroxylation is 2. The summed E-state index contributed by atoms with van der Waals surface area (Å²) in [5.74, 6) is 1.96. The Morgan fingerprint density at radius 3 is 2.77 bits per heavy atom. The number of nitrogens with zero attached hydrogens (tertiary/aromatic N) is 4. The van der Waals surface area contributed by atoms with E-state index >= 15 is 0 Å². The lowest BCUT2D eigenvalue weighted by Gasteiger charge is -2.10. The molecule has 2 aromatic heterocycles. The van der Waals surface area contributed by atoms with Crippen molar-refractivity contribution in [1.82, 2.24) is 24.9 Å². The van der Waals surface area contributed by atoms with E-state index in [-0.39, 0.29) is 38.0 Å². The van der Waals surface area contributed by atoms with Gasteiger partial charge in [-0.15, -0.1) is 5.10 Å². The Morgan fingerprint density at radius 2 is 1.97 bits per heavy atom. The molecule has 1 aliphatic rings. The zero-order valence-electron chi connectivity index (χ0n) is 16.6. The van der Waals surface area contributed by atoms with Gasteiger partial charge in [0.25, 0.3) is 11.5 Å². The fourth-order valence-electron chi connectivity index (χ4n) is 3.04. The Labute approximate surface area is 172 Å². The third-order valence-electron chi connectivity index (χ3n) is 4.44. The summed E-state index contributed by atoms with van der Waals surface area (Å²) >= 11 is 0. The highest BCUT2D eigenvalue weighted by atomic mass is 16.7. The number of carbonyl (C=O) groups is 1. The minimum absolute atomic E-state index is 0.159. The molecule has 1 aromatic carbocycles. The lowest BCUT2D eigenvalue weighted by Crippen LogP contribution is -2.34. The van der Waals surface area contributed by atoms with Gasteiger partial charge in [-0.3, -0.25) is 9.59 Å². The molecule has 0 saturated heterocycles. The van der Waals surface area contributed by atoms with Crippen molar-refractivity contribution in [3.05, 3.63) is 58.1 Å². The van der Waals surface area contributed by atoms with Crippen molar-refractivity contribution in [2.24, 2.45) is 0 Å². The van der Waals surface area contributed by atoms with E-state index < -0.39 is 0 Å². The third-order valence-corrected chi connectivity index (χ3v) is 4.44. The number of hydrogen-bond acceptors (Lipinski definition) is 7. The molecule has 0 aliphatic carbocycles. The van der Waals surface area contributed by atoms with Gasteiger partial charge in [-0.25, -0.2) is 9.36 Å². The molecule has 0 spiro atoms. The summed E-state index contributed by atoms with van der Waals surface area (Å²) in [4.78, 5) is 24.1. The Morgan fingerprint density at radius 1 is 1.13 bits per heavy atom. The van der Waals surface area contributed by atoms with Crippen LogP contribution in [-0.4, -0.2) is 45.4 Å². The van der Waals surface area contributed by atoms with E-state index in [1.165, 1.54) is 10.7 Å². The fraction of sp³-hybridized carbons (Fsp3) is 0.300. The first kappa shape index (κ1) is 19.5. The van der Waals surface area contributed by atoms with Gasteiger partial charge in [0.15, 0.2) is 23.9 Å². The zero-order chi connectivity index (χ0) is 21.1. The Hall–Kier alpha value is -3.82. The highest BCUT2D eigenvalue weighted by molar-refractivity contribution is 5.77. The average molecular weight is 411 g/mol. The molecule has 4 rings (SSSR count). The highest BCUT2D eigenvalue weighted by Gasteiger charge is 2.14. The van der Waals surface area contributed by atoms with Crippen molar-refractivity contribution in [3.8, 4) is 23.1 Å². The van der Waals surface area contributed by atoms with Crippen LogP contribution in [0, 0.1) is 13.8 Å². The van der Waals surface area contributed by atoms with Crippen molar-refractivity contribution in [1.29, 1.82) is 0 Å². The van der Waals surface area contributed by atoms with Crippen molar-refractivity contribution in [2.75, 3.05) is 19.9 Å². The smallest absolute Gasteiger partial charge is 0.266 e. The topological polar surface area (TPSA) is 110 Å². The molecule has 1 N–H and O–H groups in total. The molecular weight excluding hydrogens is 390 g/mol. The lowest BCUT2D eigenvalue weighted by atomic mass is 10.3. The fourth-order valence-corrected chi connectivity index (χ4v) is 3.04. The summed E-state index contributed by atoms with van der Waals surface area (Å²) in [7, 11) is 0. The molecule has 0 fully saturated rings. The summed E-state index contributed by atoms with van der Waals surface area (Å²) in [5, 5.41) is 11.4. The van der Waals surface area contributed by atoms with E-state index in [2.05, 4.69) is 15.5 Å². The second kappa shape index (κ2) is 8.27. The van der Waals surface area contributed by atoms with Gasteiger partial charge in [0.2, 0.25) is 6.79 Å². The molecule has 0 radical (unpaired) electrons.